The first-order valence-corrected chi connectivity index (χ1v) is 16.8. The van der Waals surface area contributed by atoms with Gasteiger partial charge in [-0.05, 0) is 125 Å². The van der Waals surface area contributed by atoms with Gasteiger partial charge in [-0.1, -0.05) is 40.5 Å². The Morgan fingerprint density at radius 1 is 0.795 bits per heavy atom. The second kappa shape index (κ2) is 14.3. The average molecular weight is 550 g/mol. The minimum absolute atomic E-state index is 0.214. The third-order valence-corrected chi connectivity index (χ3v) is 12.2. The lowest BCUT2D eigenvalue weighted by Gasteiger charge is -2.65. The van der Waals surface area contributed by atoms with E-state index in [9.17, 15) is 0 Å². The topological polar surface area (TPSA) is 106 Å². The standard InChI is InChI=1S/C33H63N3O3/c1-5-9-23(2)26-10-11-27-31-28(22-30(33(26,27)4)39-19-8-16-36)32(3)13-12-25(37-17-6-14-34)20-24(32)21-29(31)38-18-7-15-35/h23-31H,5-22,34-36H2,1-4H3/t23-,24?,25-,26-,27+,28+,29-,30+,31?,32+,33?/m1/s1. The van der Waals surface area contributed by atoms with E-state index in [0.29, 0.717) is 67.0 Å². The number of nitrogens with two attached hydrogens (primary N) is 3. The summed E-state index contributed by atoms with van der Waals surface area (Å²) in [7, 11) is 0. The fraction of sp³-hybridized carbons (Fsp3) is 1.00. The third-order valence-electron chi connectivity index (χ3n) is 12.2. The van der Waals surface area contributed by atoms with E-state index < -0.39 is 0 Å². The number of hydrogen-bond acceptors (Lipinski definition) is 6. The molecular weight excluding hydrogens is 486 g/mol. The molecule has 0 aromatic rings. The van der Waals surface area contributed by atoms with Gasteiger partial charge in [-0.25, -0.2) is 0 Å². The Morgan fingerprint density at radius 2 is 1.46 bits per heavy atom. The highest BCUT2D eigenvalue weighted by Crippen LogP contribution is 2.69. The molecule has 0 spiro atoms. The number of ether oxygens (including phenoxy) is 3. The van der Waals surface area contributed by atoms with Crippen LogP contribution in [-0.4, -0.2) is 57.8 Å². The van der Waals surface area contributed by atoms with Crippen molar-refractivity contribution in [2.45, 2.75) is 123 Å². The molecule has 6 N–H and O–H groups in total. The van der Waals surface area contributed by atoms with Crippen LogP contribution in [0, 0.1) is 46.3 Å². The van der Waals surface area contributed by atoms with Gasteiger partial charge in [0.2, 0.25) is 0 Å². The van der Waals surface area contributed by atoms with Crippen molar-refractivity contribution in [3.63, 3.8) is 0 Å². The predicted octanol–water partition coefficient (Wildman–Crippen LogP) is 5.50. The van der Waals surface area contributed by atoms with E-state index in [4.69, 9.17) is 31.4 Å². The third kappa shape index (κ3) is 6.41. The summed E-state index contributed by atoms with van der Waals surface area (Å²) in [6.07, 6.45) is 15.1. The van der Waals surface area contributed by atoms with Crippen LogP contribution in [0.2, 0.25) is 0 Å². The molecule has 0 aromatic heterocycles. The normalized spacial score (nSPS) is 42.5. The molecule has 228 valence electrons. The van der Waals surface area contributed by atoms with Gasteiger partial charge in [0.05, 0.1) is 18.3 Å². The van der Waals surface area contributed by atoms with Crippen molar-refractivity contribution in [2.75, 3.05) is 39.5 Å². The van der Waals surface area contributed by atoms with Crippen molar-refractivity contribution >= 4 is 0 Å². The van der Waals surface area contributed by atoms with E-state index in [2.05, 4.69) is 27.7 Å². The molecule has 6 nitrogen and oxygen atoms in total. The molecule has 4 fully saturated rings. The van der Waals surface area contributed by atoms with Crippen LogP contribution >= 0.6 is 0 Å². The summed E-state index contributed by atoms with van der Waals surface area (Å²) < 4.78 is 20.1. The summed E-state index contributed by atoms with van der Waals surface area (Å²) in [6, 6.07) is 0. The van der Waals surface area contributed by atoms with E-state index in [1.54, 1.807) is 0 Å². The fourth-order valence-corrected chi connectivity index (χ4v) is 10.3. The largest absolute Gasteiger partial charge is 0.378 e. The highest BCUT2D eigenvalue weighted by Gasteiger charge is 2.66. The molecule has 0 heterocycles. The maximum Gasteiger partial charge on any atom is 0.0637 e. The van der Waals surface area contributed by atoms with Crippen LogP contribution in [0.15, 0.2) is 0 Å². The molecule has 6 heteroatoms. The SMILES string of the molecule is CCC[C@@H](C)[C@H]1CC[C@H]2C3[C@H](OCCCN)CC4C[C@H](OCCCN)CC[C@]4(C)[C@H]3C[C@H](OCCCN)C12C. The zero-order valence-corrected chi connectivity index (χ0v) is 25.9. The molecular formula is C33H63N3O3. The van der Waals surface area contributed by atoms with Gasteiger partial charge < -0.3 is 31.4 Å². The second-order valence-corrected chi connectivity index (χ2v) is 14.2. The molecule has 0 bridgehead atoms. The maximum atomic E-state index is 6.92. The number of hydrogen-bond donors (Lipinski definition) is 3. The summed E-state index contributed by atoms with van der Waals surface area (Å²) in [5.41, 5.74) is 18.1. The minimum Gasteiger partial charge on any atom is -0.378 e. The first kappa shape index (κ1) is 31.7. The molecule has 0 saturated heterocycles. The predicted molar refractivity (Wildman–Crippen MR) is 160 cm³/mol. The molecule has 4 saturated carbocycles. The van der Waals surface area contributed by atoms with Gasteiger partial charge in [0.25, 0.3) is 0 Å². The van der Waals surface area contributed by atoms with E-state index in [1.165, 1.54) is 51.4 Å². The van der Waals surface area contributed by atoms with Crippen molar-refractivity contribution < 1.29 is 14.2 Å². The smallest absolute Gasteiger partial charge is 0.0637 e. The van der Waals surface area contributed by atoms with Crippen LogP contribution in [0.5, 0.6) is 0 Å². The zero-order valence-electron chi connectivity index (χ0n) is 25.9. The summed E-state index contributed by atoms with van der Waals surface area (Å²) >= 11 is 0. The molecule has 4 rings (SSSR count). The summed E-state index contributed by atoms with van der Waals surface area (Å²) in [4.78, 5) is 0. The van der Waals surface area contributed by atoms with Crippen LogP contribution in [0.4, 0.5) is 0 Å². The van der Waals surface area contributed by atoms with Gasteiger partial charge in [0.15, 0.2) is 0 Å². The van der Waals surface area contributed by atoms with Gasteiger partial charge in [-0.3, -0.25) is 0 Å². The van der Waals surface area contributed by atoms with Gasteiger partial charge in [0, 0.05) is 25.2 Å². The molecule has 39 heavy (non-hydrogen) atoms. The van der Waals surface area contributed by atoms with Gasteiger partial charge in [-0.15, -0.1) is 0 Å². The quantitative estimate of drug-likeness (QED) is 0.233. The van der Waals surface area contributed by atoms with Crippen LogP contribution in [0.1, 0.15) is 105 Å². The molecule has 0 radical (unpaired) electrons. The summed E-state index contributed by atoms with van der Waals surface area (Å²) in [5, 5.41) is 0. The van der Waals surface area contributed by atoms with E-state index in [0.717, 1.165) is 57.3 Å². The van der Waals surface area contributed by atoms with Gasteiger partial charge in [0.1, 0.15) is 0 Å². The van der Waals surface area contributed by atoms with Crippen LogP contribution in [-0.2, 0) is 14.2 Å². The van der Waals surface area contributed by atoms with Gasteiger partial charge >= 0.3 is 0 Å². The summed E-state index contributed by atoms with van der Waals surface area (Å²) in [6.45, 7) is 14.6. The molecule has 0 aliphatic heterocycles. The Labute approximate surface area is 240 Å². The average Bonchev–Trinajstić information content (AvgIpc) is 3.28. The monoisotopic (exact) mass is 549 g/mol. The van der Waals surface area contributed by atoms with Crippen molar-refractivity contribution in [3.8, 4) is 0 Å². The molecule has 0 amide bonds. The molecule has 3 unspecified atom stereocenters. The van der Waals surface area contributed by atoms with Gasteiger partial charge in [-0.2, -0.15) is 0 Å². The Hall–Kier alpha value is -0.240. The first-order valence-electron chi connectivity index (χ1n) is 16.8. The van der Waals surface area contributed by atoms with Crippen molar-refractivity contribution in [2.24, 2.45) is 63.5 Å². The Morgan fingerprint density at radius 3 is 2.13 bits per heavy atom. The number of fused-ring (bicyclic) bond motifs is 5. The zero-order chi connectivity index (χ0) is 28.0. The van der Waals surface area contributed by atoms with E-state index >= 15 is 0 Å². The van der Waals surface area contributed by atoms with E-state index in [1.807, 2.05) is 0 Å². The number of rotatable bonds is 15. The minimum atomic E-state index is 0.214. The molecule has 11 atom stereocenters. The molecule has 0 aromatic carbocycles. The van der Waals surface area contributed by atoms with Crippen molar-refractivity contribution in [1.29, 1.82) is 0 Å². The van der Waals surface area contributed by atoms with Crippen LogP contribution in [0.25, 0.3) is 0 Å². The Balaban J connectivity index is 1.64. The summed E-state index contributed by atoms with van der Waals surface area (Å²) in [5.74, 6) is 4.05. The lowest BCUT2D eigenvalue weighted by molar-refractivity contribution is -0.227. The van der Waals surface area contributed by atoms with Crippen LogP contribution < -0.4 is 17.2 Å². The highest BCUT2D eigenvalue weighted by atomic mass is 16.5. The Kier molecular flexibility index (Phi) is 11.6. The van der Waals surface area contributed by atoms with E-state index in [-0.39, 0.29) is 5.41 Å². The van der Waals surface area contributed by atoms with Crippen molar-refractivity contribution in [1.82, 2.24) is 0 Å². The Bertz CT molecular complexity index is 739. The molecule has 4 aliphatic rings. The maximum absolute atomic E-state index is 6.92. The lowest BCUT2D eigenvalue weighted by atomic mass is 9.43. The second-order valence-electron chi connectivity index (χ2n) is 14.2. The first-order chi connectivity index (χ1) is 18.8. The lowest BCUT2D eigenvalue weighted by Crippen LogP contribution is -2.63. The van der Waals surface area contributed by atoms with Crippen LogP contribution in [0.3, 0.4) is 0 Å². The highest BCUT2D eigenvalue weighted by molar-refractivity contribution is 5.15. The van der Waals surface area contributed by atoms with Crippen molar-refractivity contribution in [3.05, 3.63) is 0 Å². The fourth-order valence-electron chi connectivity index (χ4n) is 10.3. The molecule has 4 aliphatic carbocycles.